The zero-order chi connectivity index (χ0) is 15.5. The summed E-state index contributed by atoms with van der Waals surface area (Å²) in [6.07, 6.45) is 1.99. The molecule has 2 aliphatic carbocycles. The maximum Gasteiger partial charge on any atom is 0.132 e. The first-order chi connectivity index (χ1) is 10.5. The maximum absolute atomic E-state index is 14.0. The van der Waals surface area contributed by atoms with Gasteiger partial charge in [-0.05, 0) is 47.9 Å². The van der Waals surface area contributed by atoms with E-state index in [4.69, 9.17) is 0 Å². The predicted octanol–water partition coefficient (Wildman–Crippen LogP) is 3.43. The van der Waals surface area contributed by atoms with Gasteiger partial charge in [0.2, 0.25) is 0 Å². The van der Waals surface area contributed by atoms with Crippen molar-refractivity contribution in [3.8, 4) is 11.3 Å². The van der Waals surface area contributed by atoms with E-state index in [1.54, 1.807) is 18.2 Å². The lowest BCUT2D eigenvalue weighted by molar-refractivity contribution is 0.107. The van der Waals surface area contributed by atoms with Gasteiger partial charge in [0, 0.05) is 11.0 Å². The Balaban J connectivity index is 1.90. The molecule has 4 rings (SSSR count). The molecule has 1 saturated carbocycles. The summed E-state index contributed by atoms with van der Waals surface area (Å²) in [5.74, 6) is 0.0757. The summed E-state index contributed by atoms with van der Waals surface area (Å²) in [4.78, 5) is 0. The second-order valence-corrected chi connectivity index (χ2v) is 7.07. The van der Waals surface area contributed by atoms with Gasteiger partial charge in [-0.3, -0.25) is 0 Å². The third-order valence-electron chi connectivity index (χ3n) is 6.04. The zero-order valence-electron chi connectivity index (χ0n) is 12.8. The van der Waals surface area contributed by atoms with Gasteiger partial charge in [-0.2, -0.15) is 10.2 Å². The number of aliphatic hydroxyl groups excluding tert-OH is 1. The SMILES string of the molecule is CC1(C)[C@@H]2CC[C@@]1(CO)c1nnc(-c3ccccc3F)cc12. The molecule has 0 aliphatic heterocycles. The number of rotatable bonds is 2. The summed E-state index contributed by atoms with van der Waals surface area (Å²) in [7, 11) is 0. The highest BCUT2D eigenvalue weighted by atomic mass is 19.1. The fourth-order valence-electron chi connectivity index (χ4n) is 4.58. The molecule has 0 amide bonds. The summed E-state index contributed by atoms with van der Waals surface area (Å²) in [5, 5.41) is 18.7. The molecule has 1 aromatic carbocycles. The van der Waals surface area contributed by atoms with Gasteiger partial charge in [0.25, 0.3) is 0 Å². The van der Waals surface area contributed by atoms with E-state index in [0.29, 0.717) is 17.2 Å². The zero-order valence-corrected chi connectivity index (χ0v) is 12.8. The predicted molar refractivity (Wildman–Crippen MR) is 81.9 cm³/mol. The van der Waals surface area contributed by atoms with Crippen LogP contribution in [-0.2, 0) is 5.41 Å². The van der Waals surface area contributed by atoms with Gasteiger partial charge in [-0.1, -0.05) is 26.0 Å². The first-order valence-corrected chi connectivity index (χ1v) is 7.75. The van der Waals surface area contributed by atoms with Crippen LogP contribution in [0.5, 0.6) is 0 Å². The fourth-order valence-corrected chi connectivity index (χ4v) is 4.58. The molecule has 114 valence electrons. The van der Waals surface area contributed by atoms with Gasteiger partial charge in [0.15, 0.2) is 0 Å². The van der Waals surface area contributed by atoms with E-state index in [1.165, 1.54) is 6.07 Å². The largest absolute Gasteiger partial charge is 0.395 e. The smallest absolute Gasteiger partial charge is 0.132 e. The van der Waals surface area contributed by atoms with E-state index in [9.17, 15) is 9.50 Å². The Morgan fingerprint density at radius 3 is 2.77 bits per heavy atom. The van der Waals surface area contributed by atoms with Crippen molar-refractivity contribution in [1.82, 2.24) is 10.2 Å². The Hall–Kier alpha value is -1.81. The summed E-state index contributed by atoms with van der Waals surface area (Å²) in [6, 6.07) is 8.62. The number of halogens is 1. The number of hydrogen-bond donors (Lipinski definition) is 1. The molecule has 2 bridgehead atoms. The van der Waals surface area contributed by atoms with Gasteiger partial charge < -0.3 is 5.11 Å². The molecule has 0 unspecified atom stereocenters. The van der Waals surface area contributed by atoms with Crippen molar-refractivity contribution in [3.63, 3.8) is 0 Å². The van der Waals surface area contributed by atoms with Gasteiger partial charge in [-0.25, -0.2) is 4.39 Å². The van der Waals surface area contributed by atoms with Crippen molar-refractivity contribution in [2.75, 3.05) is 6.61 Å². The first-order valence-electron chi connectivity index (χ1n) is 7.75. The quantitative estimate of drug-likeness (QED) is 0.924. The van der Waals surface area contributed by atoms with Crippen LogP contribution >= 0.6 is 0 Å². The normalized spacial score (nSPS) is 27.9. The minimum absolute atomic E-state index is 0.0351. The topological polar surface area (TPSA) is 46.0 Å². The van der Waals surface area contributed by atoms with Crippen LogP contribution in [0.4, 0.5) is 4.39 Å². The maximum atomic E-state index is 14.0. The van der Waals surface area contributed by atoms with Gasteiger partial charge in [0.05, 0.1) is 18.0 Å². The van der Waals surface area contributed by atoms with Gasteiger partial charge in [-0.15, -0.1) is 0 Å². The highest BCUT2D eigenvalue weighted by Crippen LogP contribution is 2.67. The molecule has 2 aliphatic rings. The lowest BCUT2D eigenvalue weighted by Crippen LogP contribution is -2.39. The van der Waals surface area contributed by atoms with Crippen LogP contribution in [0.1, 0.15) is 43.9 Å². The molecule has 2 aromatic rings. The molecular weight excluding hydrogens is 279 g/mol. The summed E-state index contributed by atoms with van der Waals surface area (Å²) in [5.41, 5.74) is 2.78. The molecule has 0 saturated heterocycles. The Morgan fingerprint density at radius 1 is 1.27 bits per heavy atom. The molecule has 22 heavy (non-hydrogen) atoms. The standard InChI is InChI=1S/C18H19FN2O/c1-17(2)13-7-8-18(17,10-22)16-12(13)9-15(20-21-16)11-5-3-4-6-14(11)19/h3-6,9,13,22H,7-8,10H2,1-2H3/t13-,18-/m1/s1. The van der Waals surface area contributed by atoms with Crippen molar-refractivity contribution in [2.45, 2.75) is 38.0 Å². The molecule has 1 N–H and O–H groups in total. The summed E-state index contributed by atoms with van der Waals surface area (Å²) < 4.78 is 14.0. The Morgan fingerprint density at radius 2 is 2.05 bits per heavy atom. The van der Waals surface area contributed by atoms with Crippen LogP contribution < -0.4 is 0 Å². The van der Waals surface area contributed by atoms with Crippen LogP contribution in [-0.4, -0.2) is 21.9 Å². The minimum atomic E-state index is -0.298. The second kappa shape index (κ2) is 4.35. The second-order valence-electron chi connectivity index (χ2n) is 7.07. The van der Waals surface area contributed by atoms with Crippen molar-refractivity contribution in [1.29, 1.82) is 0 Å². The minimum Gasteiger partial charge on any atom is -0.395 e. The van der Waals surface area contributed by atoms with E-state index in [1.807, 2.05) is 6.07 Å². The Kier molecular flexibility index (Phi) is 2.74. The third-order valence-corrected chi connectivity index (χ3v) is 6.04. The number of nitrogens with zero attached hydrogens (tertiary/aromatic N) is 2. The first kappa shape index (κ1) is 13.8. The van der Waals surface area contributed by atoms with Crippen molar-refractivity contribution < 1.29 is 9.50 Å². The van der Waals surface area contributed by atoms with E-state index < -0.39 is 0 Å². The molecule has 1 fully saturated rings. The summed E-state index contributed by atoms with van der Waals surface area (Å²) >= 11 is 0. The van der Waals surface area contributed by atoms with Crippen molar-refractivity contribution >= 4 is 0 Å². The van der Waals surface area contributed by atoms with Crippen LogP contribution in [0.3, 0.4) is 0 Å². The van der Waals surface area contributed by atoms with Gasteiger partial charge in [0.1, 0.15) is 5.82 Å². The van der Waals surface area contributed by atoms with Crippen molar-refractivity contribution in [2.24, 2.45) is 5.41 Å². The lowest BCUT2D eigenvalue weighted by Gasteiger charge is -2.35. The number of hydrogen-bond acceptors (Lipinski definition) is 3. The van der Waals surface area contributed by atoms with Crippen LogP contribution in [0.15, 0.2) is 30.3 Å². The fraction of sp³-hybridized carbons (Fsp3) is 0.444. The number of fused-ring (bicyclic) bond motifs is 5. The monoisotopic (exact) mass is 298 g/mol. The lowest BCUT2D eigenvalue weighted by atomic mass is 9.69. The van der Waals surface area contributed by atoms with Crippen LogP contribution in [0.25, 0.3) is 11.3 Å². The van der Waals surface area contributed by atoms with Crippen molar-refractivity contribution in [3.05, 3.63) is 47.4 Å². The number of aromatic nitrogens is 2. The number of aliphatic hydroxyl groups is 1. The highest BCUT2D eigenvalue weighted by Gasteiger charge is 2.63. The third kappa shape index (κ3) is 1.48. The van der Waals surface area contributed by atoms with Crippen LogP contribution in [0, 0.1) is 11.2 Å². The molecule has 0 spiro atoms. The molecule has 0 radical (unpaired) electrons. The molecule has 1 heterocycles. The molecule has 3 nitrogen and oxygen atoms in total. The van der Waals surface area contributed by atoms with E-state index in [0.717, 1.165) is 24.1 Å². The van der Waals surface area contributed by atoms with E-state index in [2.05, 4.69) is 24.0 Å². The van der Waals surface area contributed by atoms with Gasteiger partial charge >= 0.3 is 0 Å². The Labute approximate surface area is 129 Å². The summed E-state index contributed by atoms with van der Waals surface area (Å²) in [6.45, 7) is 4.49. The van der Waals surface area contributed by atoms with E-state index in [-0.39, 0.29) is 23.3 Å². The average molecular weight is 298 g/mol. The average Bonchev–Trinajstić information content (AvgIpc) is 2.89. The van der Waals surface area contributed by atoms with E-state index >= 15 is 0 Å². The van der Waals surface area contributed by atoms with Crippen LogP contribution in [0.2, 0.25) is 0 Å². The molecule has 2 atom stereocenters. The highest BCUT2D eigenvalue weighted by molar-refractivity contribution is 5.62. The molecule has 1 aromatic heterocycles. The number of benzene rings is 1. The molecule has 4 heteroatoms. The molecular formula is C18H19FN2O. The Bertz CT molecular complexity index is 759.